The van der Waals surface area contributed by atoms with Gasteiger partial charge in [0.1, 0.15) is 18.4 Å². The topological polar surface area (TPSA) is 69.7 Å². The van der Waals surface area contributed by atoms with Crippen LogP contribution in [0.1, 0.15) is 29.8 Å². The third-order valence-electron chi connectivity index (χ3n) is 5.73. The molecule has 6 nitrogen and oxygen atoms in total. The van der Waals surface area contributed by atoms with Gasteiger partial charge in [-0.15, -0.1) is 0 Å². The number of rotatable bonds is 7. The molecule has 1 heterocycles. The van der Waals surface area contributed by atoms with Crippen molar-refractivity contribution in [2.75, 3.05) is 18.0 Å². The molecule has 1 N–H and O–H groups in total. The number of benzene rings is 3. The quantitative estimate of drug-likeness (QED) is 0.620. The lowest BCUT2D eigenvalue weighted by atomic mass is 10.1. The first-order chi connectivity index (χ1) is 15.4. The Balaban J connectivity index is 1.62. The van der Waals surface area contributed by atoms with Crippen molar-refractivity contribution in [3.63, 3.8) is 0 Å². The molecule has 0 bridgehead atoms. The number of nitrogens with one attached hydrogen (secondary N) is 1. The minimum absolute atomic E-state index is 0.122. The highest BCUT2D eigenvalue weighted by molar-refractivity contribution is 6.26. The maximum atomic E-state index is 13.4. The average Bonchev–Trinajstić information content (AvgIpc) is 3.06. The summed E-state index contributed by atoms with van der Waals surface area (Å²) in [5.74, 6) is -1.28. The van der Waals surface area contributed by atoms with Gasteiger partial charge < -0.3 is 10.2 Å². The minimum atomic E-state index is -0.761. The Morgan fingerprint density at radius 1 is 1.06 bits per heavy atom. The van der Waals surface area contributed by atoms with E-state index in [9.17, 15) is 18.8 Å². The van der Waals surface area contributed by atoms with Crippen molar-refractivity contribution >= 4 is 34.2 Å². The monoisotopic (exact) mass is 433 g/mol. The fraction of sp³-hybridized carbons (Fsp3) is 0.240. The Hall–Kier alpha value is -3.74. The van der Waals surface area contributed by atoms with E-state index in [0.29, 0.717) is 23.4 Å². The van der Waals surface area contributed by atoms with Gasteiger partial charge in [-0.25, -0.2) is 4.39 Å². The van der Waals surface area contributed by atoms with Crippen LogP contribution in [-0.4, -0.2) is 41.8 Å². The van der Waals surface area contributed by atoms with Crippen molar-refractivity contribution in [2.45, 2.75) is 26.4 Å². The van der Waals surface area contributed by atoms with Crippen LogP contribution < -0.4 is 10.2 Å². The summed E-state index contributed by atoms with van der Waals surface area (Å²) in [6.07, 6.45) is 0. The van der Waals surface area contributed by atoms with E-state index in [1.165, 1.54) is 21.9 Å². The number of nitrogens with zero attached hydrogens (tertiary/aromatic N) is 2. The maximum Gasteiger partial charge on any atom is 0.259 e. The Morgan fingerprint density at radius 2 is 1.75 bits per heavy atom. The normalized spacial score (nSPS) is 13.3. The fourth-order valence-electron chi connectivity index (χ4n) is 4.05. The van der Waals surface area contributed by atoms with Gasteiger partial charge >= 0.3 is 0 Å². The zero-order chi connectivity index (χ0) is 22.8. The van der Waals surface area contributed by atoms with Crippen LogP contribution in [-0.2, 0) is 16.1 Å². The molecule has 0 aliphatic carbocycles. The second-order valence-electron chi connectivity index (χ2n) is 7.79. The molecule has 0 saturated heterocycles. The zero-order valence-electron chi connectivity index (χ0n) is 18.0. The number of anilines is 1. The third-order valence-corrected chi connectivity index (χ3v) is 5.73. The standard InChI is InChI=1S/C25H24FN3O3/c1-3-27-24(31)16(2)28(14-17-10-12-19(26)13-11-17)22(30)15-29-21-9-5-7-18-6-4-8-20(23(18)21)25(29)32/h4-13,16H,3,14-15H2,1-2H3,(H,27,31). The highest BCUT2D eigenvalue weighted by Crippen LogP contribution is 2.37. The molecule has 0 aromatic heterocycles. The lowest BCUT2D eigenvalue weighted by Crippen LogP contribution is -2.50. The van der Waals surface area contributed by atoms with Crippen molar-refractivity contribution in [3.8, 4) is 0 Å². The van der Waals surface area contributed by atoms with Crippen LogP contribution in [0, 0.1) is 5.82 Å². The molecule has 4 rings (SSSR count). The summed E-state index contributed by atoms with van der Waals surface area (Å²) in [5.41, 5.74) is 1.94. The van der Waals surface area contributed by atoms with Crippen LogP contribution in [0.2, 0.25) is 0 Å². The Morgan fingerprint density at radius 3 is 2.44 bits per heavy atom. The summed E-state index contributed by atoms with van der Waals surface area (Å²) in [4.78, 5) is 41.9. The predicted molar refractivity (Wildman–Crippen MR) is 121 cm³/mol. The summed E-state index contributed by atoms with van der Waals surface area (Å²) >= 11 is 0. The second-order valence-corrected chi connectivity index (χ2v) is 7.79. The molecule has 0 spiro atoms. The molecule has 1 atom stereocenters. The van der Waals surface area contributed by atoms with Crippen molar-refractivity contribution in [1.82, 2.24) is 10.2 Å². The summed E-state index contributed by atoms with van der Waals surface area (Å²) in [6, 6.07) is 16.1. The Labute approximate surface area is 185 Å². The largest absolute Gasteiger partial charge is 0.355 e. The minimum Gasteiger partial charge on any atom is -0.355 e. The van der Waals surface area contributed by atoms with Gasteiger partial charge in [0.2, 0.25) is 11.8 Å². The molecule has 3 aromatic carbocycles. The number of amides is 3. The average molecular weight is 433 g/mol. The highest BCUT2D eigenvalue weighted by atomic mass is 19.1. The van der Waals surface area contributed by atoms with Crippen LogP contribution in [0.15, 0.2) is 60.7 Å². The molecular formula is C25H24FN3O3. The lowest BCUT2D eigenvalue weighted by Gasteiger charge is -2.30. The van der Waals surface area contributed by atoms with E-state index >= 15 is 0 Å². The fourth-order valence-corrected chi connectivity index (χ4v) is 4.05. The summed E-state index contributed by atoms with van der Waals surface area (Å²) in [5, 5.41) is 4.50. The first kappa shape index (κ1) is 21.5. The number of hydrogen-bond acceptors (Lipinski definition) is 3. The molecule has 7 heteroatoms. The molecule has 0 radical (unpaired) electrons. The van der Waals surface area contributed by atoms with Crippen molar-refractivity contribution < 1.29 is 18.8 Å². The molecule has 1 unspecified atom stereocenters. The van der Waals surface area contributed by atoms with E-state index in [4.69, 9.17) is 0 Å². The molecule has 1 aliphatic heterocycles. The van der Waals surface area contributed by atoms with Crippen molar-refractivity contribution in [2.24, 2.45) is 0 Å². The molecule has 0 fully saturated rings. The van der Waals surface area contributed by atoms with Crippen LogP contribution in [0.5, 0.6) is 0 Å². The first-order valence-corrected chi connectivity index (χ1v) is 10.6. The van der Waals surface area contributed by atoms with Crippen molar-refractivity contribution in [3.05, 3.63) is 77.6 Å². The van der Waals surface area contributed by atoms with E-state index in [0.717, 1.165) is 10.8 Å². The van der Waals surface area contributed by atoms with Gasteiger partial charge in [-0.3, -0.25) is 19.3 Å². The molecule has 32 heavy (non-hydrogen) atoms. The summed E-state index contributed by atoms with van der Waals surface area (Å²) in [6.45, 7) is 3.81. The summed E-state index contributed by atoms with van der Waals surface area (Å²) in [7, 11) is 0. The second kappa shape index (κ2) is 8.78. The van der Waals surface area contributed by atoms with Gasteiger partial charge in [0.05, 0.1) is 5.69 Å². The van der Waals surface area contributed by atoms with Crippen LogP contribution >= 0.6 is 0 Å². The van der Waals surface area contributed by atoms with Gasteiger partial charge in [-0.05, 0) is 49.1 Å². The van der Waals surface area contributed by atoms with E-state index in [2.05, 4.69) is 5.32 Å². The summed E-state index contributed by atoms with van der Waals surface area (Å²) < 4.78 is 13.3. The number of hydrogen-bond donors (Lipinski definition) is 1. The molecule has 0 saturated carbocycles. The number of carbonyl (C=O) groups excluding carboxylic acids is 3. The van der Waals surface area contributed by atoms with E-state index in [1.54, 1.807) is 32.0 Å². The number of carbonyl (C=O) groups is 3. The first-order valence-electron chi connectivity index (χ1n) is 10.6. The lowest BCUT2D eigenvalue weighted by molar-refractivity contribution is -0.139. The number of likely N-dealkylation sites (N-methyl/N-ethyl adjacent to an activating group) is 1. The number of halogens is 1. The van der Waals surface area contributed by atoms with Crippen LogP contribution in [0.3, 0.4) is 0 Å². The smallest absolute Gasteiger partial charge is 0.259 e. The Bertz CT molecular complexity index is 1190. The van der Waals surface area contributed by atoms with E-state index in [1.807, 2.05) is 30.3 Å². The van der Waals surface area contributed by atoms with Gasteiger partial charge in [0.25, 0.3) is 5.91 Å². The van der Waals surface area contributed by atoms with Crippen molar-refractivity contribution in [1.29, 1.82) is 0 Å². The van der Waals surface area contributed by atoms with Gasteiger partial charge in [0.15, 0.2) is 0 Å². The SMILES string of the molecule is CCNC(=O)C(C)N(Cc1ccc(F)cc1)C(=O)CN1C(=O)c2cccc3cccc1c23. The van der Waals surface area contributed by atoms with Gasteiger partial charge in [-0.2, -0.15) is 0 Å². The van der Waals surface area contributed by atoms with Gasteiger partial charge in [0, 0.05) is 24.0 Å². The highest BCUT2D eigenvalue weighted by Gasteiger charge is 2.34. The van der Waals surface area contributed by atoms with E-state index < -0.39 is 6.04 Å². The molecule has 3 aromatic rings. The molecular weight excluding hydrogens is 409 g/mol. The molecule has 164 valence electrons. The molecule has 1 aliphatic rings. The predicted octanol–water partition coefficient (Wildman–Crippen LogP) is 3.49. The maximum absolute atomic E-state index is 13.4. The Kier molecular flexibility index (Phi) is 5.90. The van der Waals surface area contributed by atoms with E-state index in [-0.39, 0.29) is 36.6 Å². The van der Waals surface area contributed by atoms with Gasteiger partial charge in [-0.1, -0.05) is 36.4 Å². The third kappa shape index (κ3) is 3.93. The van der Waals surface area contributed by atoms with Crippen LogP contribution in [0.4, 0.5) is 10.1 Å². The van der Waals surface area contributed by atoms with Crippen LogP contribution in [0.25, 0.3) is 10.8 Å². The zero-order valence-corrected chi connectivity index (χ0v) is 18.0. The molecule has 3 amide bonds.